The van der Waals surface area contributed by atoms with Crippen LogP contribution >= 0.6 is 11.6 Å². The minimum atomic E-state index is -0.246. The van der Waals surface area contributed by atoms with E-state index in [9.17, 15) is 4.39 Å². The molecule has 0 radical (unpaired) electrons. The molecule has 1 aliphatic rings. The summed E-state index contributed by atoms with van der Waals surface area (Å²) in [6, 6.07) is 4.58. The second-order valence-electron chi connectivity index (χ2n) is 4.65. The summed E-state index contributed by atoms with van der Waals surface area (Å²) >= 11 is 6.16. The Morgan fingerprint density at radius 2 is 2.39 bits per heavy atom. The van der Waals surface area contributed by atoms with Crippen LogP contribution < -0.4 is 5.32 Å². The van der Waals surface area contributed by atoms with Crippen molar-refractivity contribution in [3.63, 3.8) is 0 Å². The van der Waals surface area contributed by atoms with E-state index in [1.807, 2.05) is 6.92 Å². The summed E-state index contributed by atoms with van der Waals surface area (Å²) in [5.41, 5.74) is 0.828. The van der Waals surface area contributed by atoms with Crippen LogP contribution in [0.15, 0.2) is 18.2 Å². The Morgan fingerprint density at radius 3 is 3.06 bits per heavy atom. The lowest BCUT2D eigenvalue weighted by Crippen LogP contribution is -2.25. The molecule has 1 saturated heterocycles. The van der Waals surface area contributed by atoms with E-state index in [0.29, 0.717) is 5.02 Å². The third-order valence-electron chi connectivity index (χ3n) is 3.31. The zero-order valence-electron chi connectivity index (χ0n) is 10.6. The van der Waals surface area contributed by atoms with Gasteiger partial charge in [-0.2, -0.15) is 0 Å². The molecule has 100 valence electrons. The highest BCUT2D eigenvalue weighted by molar-refractivity contribution is 6.31. The second kappa shape index (κ2) is 6.50. The van der Waals surface area contributed by atoms with Crippen molar-refractivity contribution in [2.24, 2.45) is 0 Å². The maximum absolute atomic E-state index is 13.3. The Kier molecular flexibility index (Phi) is 4.98. The number of rotatable bonds is 5. The number of halogens is 2. The Hall–Kier alpha value is -0.640. The Bertz CT molecular complexity index is 393. The van der Waals surface area contributed by atoms with Crippen molar-refractivity contribution in [3.8, 4) is 0 Å². The van der Waals surface area contributed by atoms with Gasteiger partial charge in [0.15, 0.2) is 0 Å². The summed E-state index contributed by atoms with van der Waals surface area (Å²) in [5, 5.41) is 3.97. The van der Waals surface area contributed by atoms with Crippen molar-refractivity contribution in [2.45, 2.75) is 38.3 Å². The van der Waals surface area contributed by atoms with Gasteiger partial charge in [-0.1, -0.05) is 18.5 Å². The fourth-order valence-electron chi connectivity index (χ4n) is 2.44. The number of nitrogens with one attached hydrogen (secondary N) is 1. The third kappa shape index (κ3) is 3.44. The molecule has 2 unspecified atom stereocenters. The zero-order valence-corrected chi connectivity index (χ0v) is 11.3. The van der Waals surface area contributed by atoms with E-state index in [-0.39, 0.29) is 18.0 Å². The molecule has 1 aromatic carbocycles. The van der Waals surface area contributed by atoms with Gasteiger partial charge in [0.2, 0.25) is 0 Å². The van der Waals surface area contributed by atoms with E-state index in [1.54, 1.807) is 6.07 Å². The van der Waals surface area contributed by atoms with Crippen LogP contribution in [0, 0.1) is 5.82 Å². The predicted molar refractivity (Wildman–Crippen MR) is 71.4 cm³/mol. The number of ether oxygens (including phenoxy) is 1. The summed E-state index contributed by atoms with van der Waals surface area (Å²) in [5.74, 6) is -0.246. The Labute approximate surface area is 112 Å². The van der Waals surface area contributed by atoms with Crippen molar-refractivity contribution >= 4 is 11.6 Å². The van der Waals surface area contributed by atoms with E-state index < -0.39 is 0 Å². The molecule has 0 aliphatic carbocycles. The van der Waals surface area contributed by atoms with Crippen LogP contribution in [0.4, 0.5) is 4.39 Å². The quantitative estimate of drug-likeness (QED) is 0.882. The lowest BCUT2D eigenvalue weighted by Gasteiger charge is -2.22. The van der Waals surface area contributed by atoms with Crippen LogP contribution in [0.25, 0.3) is 0 Å². The maximum atomic E-state index is 13.3. The van der Waals surface area contributed by atoms with Gasteiger partial charge in [-0.25, -0.2) is 4.39 Å². The van der Waals surface area contributed by atoms with Crippen LogP contribution in [-0.2, 0) is 4.74 Å². The molecule has 4 heteroatoms. The fraction of sp³-hybridized carbons (Fsp3) is 0.571. The van der Waals surface area contributed by atoms with Crippen LogP contribution in [0.1, 0.15) is 37.8 Å². The summed E-state index contributed by atoms with van der Waals surface area (Å²) in [6.45, 7) is 3.69. The van der Waals surface area contributed by atoms with Crippen molar-refractivity contribution in [1.82, 2.24) is 5.32 Å². The first-order valence-corrected chi connectivity index (χ1v) is 6.88. The lowest BCUT2D eigenvalue weighted by atomic mass is 9.99. The number of hydrogen-bond acceptors (Lipinski definition) is 2. The fourth-order valence-corrected chi connectivity index (χ4v) is 2.69. The second-order valence-corrected chi connectivity index (χ2v) is 5.05. The Balaban J connectivity index is 2.14. The molecular formula is C14H19ClFNO. The SMILES string of the molecule is CCNC(CC1CCCO1)c1cc(F)ccc1Cl. The highest BCUT2D eigenvalue weighted by atomic mass is 35.5. The number of hydrogen-bond donors (Lipinski definition) is 1. The van der Waals surface area contributed by atoms with Gasteiger partial charge in [-0.15, -0.1) is 0 Å². The number of benzene rings is 1. The lowest BCUT2D eigenvalue weighted by molar-refractivity contribution is 0.0947. The van der Waals surface area contributed by atoms with E-state index in [1.165, 1.54) is 12.1 Å². The van der Waals surface area contributed by atoms with Crippen molar-refractivity contribution in [3.05, 3.63) is 34.6 Å². The van der Waals surface area contributed by atoms with E-state index in [2.05, 4.69) is 5.32 Å². The monoisotopic (exact) mass is 271 g/mol. The van der Waals surface area contributed by atoms with Crippen LogP contribution in [0.2, 0.25) is 5.02 Å². The van der Waals surface area contributed by atoms with Gasteiger partial charge >= 0.3 is 0 Å². The van der Waals surface area contributed by atoms with Gasteiger partial charge in [-0.3, -0.25) is 0 Å². The summed E-state index contributed by atoms with van der Waals surface area (Å²) in [7, 11) is 0. The van der Waals surface area contributed by atoms with Gasteiger partial charge in [0.25, 0.3) is 0 Å². The van der Waals surface area contributed by atoms with Crippen LogP contribution in [0.3, 0.4) is 0 Å². The minimum Gasteiger partial charge on any atom is -0.378 e. The summed E-state index contributed by atoms with van der Waals surface area (Å²) in [6.07, 6.45) is 3.29. The molecule has 0 bridgehead atoms. The first-order chi connectivity index (χ1) is 8.70. The van der Waals surface area contributed by atoms with Gasteiger partial charge in [-0.05, 0) is 49.6 Å². The molecule has 0 spiro atoms. The molecule has 1 fully saturated rings. The normalized spacial score (nSPS) is 21.2. The molecule has 2 rings (SSSR count). The zero-order chi connectivity index (χ0) is 13.0. The molecule has 2 atom stereocenters. The molecule has 0 saturated carbocycles. The standard InChI is InChI=1S/C14H19ClFNO/c1-2-17-14(9-11-4-3-7-18-11)12-8-10(16)5-6-13(12)15/h5-6,8,11,14,17H,2-4,7,9H2,1H3. The molecule has 1 aromatic rings. The molecule has 1 heterocycles. The molecular weight excluding hydrogens is 253 g/mol. The first kappa shape index (κ1) is 13.8. The summed E-state index contributed by atoms with van der Waals surface area (Å²) < 4.78 is 19.0. The van der Waals surface area contributed by atoms with Gasteiger partial charge < -0.3 is 10.1 Å². The maximum Gasteiger partial charge on any atom is 0.123 e. The summed E-state index contributed by atoms with van der Waals surface area (Å²) in [4.78, 5) is 0. The smallest absolute Gasteiger partial charge is 0.123 e. The topological polar surface area (TPSA) is 21.3 Å². The van der Waals surface area contributed by atoms with Crippen LogP contribution in [0.5, 0.6) is 0 Å². The van der Waals surface area contributed by atoms with Crippen molar-refractivity contribution < 1.29 is 9.13 Å². The first-order valence-electron chi connectivity index (χ1n) is 6.50. The van der Waals surface area contributed by atoms with Gasteiger partial charge in [0.05, 0.1) is 6.10 Å². The highest BCUT2D eigenvalue weighted by Gasteiger charge is 2.23. The predicted octanol–water partition coefficient (Wildman–Crippen LogP) is 3.70. The van der Waals surface area contributed by atoms with E-state index >= 15 is 0 Å². The average Bonchev–Trinajstić information content (AvgIpc) is 2.85. The largest absolute Gasteiger partial charge is 0.378 e. The average molecular weight is 272 g/mol. The molecule has 18 heavy (non-hydrogen) atoms. The van der Waals surface area contributed by atoms with Gasteiger partial charge in [0, 0.05) is 17.7 Å². The van der Waals surface area contributed by atoms with E-state index in [0.717, 1.165) is 38.0 Å². The van der Waals surface area contributed by atoms with E-state index in [4.69, 9.17) is 16.3 Å². The molecule has 2 nitrogen and oxygen atoms in total. The molecule has 0 amide bonds. The highest BCUT2D eigenvalue weighted by Crippen LogP contribution is 2.30. The van der Waals surface area contributed by atoms with Crippen molar-refractivity contribution in [2.75, 3.05) is 13.2 Å². The Morgan fingerprint density at radius 1 is 1.56 bits per heavy atom. The molecule has 1 aliphatic heterocycles. The molecule has 0 aromatic heterocycles. The van der Waals surface area contributed by atoms with Crippen LogP contribution in [-0.4, -0.2) is 19.3 Å². The third-order valence-corrected chi connectivity index (χ3v) is 3.65. The minimum absolute atomic E-state index is 0.0568. The van der Waals surface area contributed by atoms with Gasteiger partial charge in [0.1, 0.15) is 5.82 Å². The molecule has 1 N–H and O–H groups in total. The van der Waals surface area contributed by atoms with Crippen molar-refractivity contribution in [1.29, 1.82) is 0 Å².